The minimum Gasteiger partial charge on any atom is -0.330 e. The lowest BCUT2D eigenvalue weighted by Crippen LogP contribution is -2.32. The molecular formula is C13H19ClIN3O. The van der Waals surface area contributed by atoms with Crippen molar-refractivity contribution >= 4 is 46.6 Å². The molecule has 1 unspecified atom stereocenters. The second kappa shape index (κ2) is 8.04. The highest BCUT2D eigenvalue weighted by Crippen LogP contribution is 2.18. The van der Waals surface area contributed by atoms with E-state index in [1.165, 1.54) is 0 Å². The largest absolute Gasteiger partial charge is 0.330 e. The lowest BCUT2D eigenvalue weighted by Gasteiger charge is -2.15. The highest BCUT2D eigenvalue weighted by molar-refractivity contribution is 14.1. The van der Waals surface area contributed by atoms with Gasteiger partial charge in [0.2, 0.25) is 5.91 Å². The van der Waals surface area contributed by atoms with E-state index in [4.69, 9.17) is 5.73 Å². The molecule has 106 valence electrons. The van der Waals surface area contributed by atoms with E-state index in [1.807, 2.05) is 24.3 Å². The zero-order valence-corrected chi connectivity index (χ0v) is 13.6. The van der Waals surface area contributed by atoms with Crippen LogP contribution in [-0.4, -0.2) is 37.0 Å². The summed E-state index contributed by atoms with van der Waals surface area (Å²) in [6, 6.07) is 7.80. The van der Waals surface area contributed by atoms with Crippen LogP contribution in [0.15, 0.2) is 24.3 Å². The van der Waals surface area contributed by atoms with Crippen LogP contribution < -0.4 is 11.1 Å². The van der Waals surface area contributed by atoms with Gasteiger partial charge in [-0.15, -0.1) is 12.4 Å². The molecule has 4 nitrogen and oxygen atoms in total. The van der Waals surface area contributed by atoms with E-state index in [9.17, 15) is 4.79 Å². The molecule has 19 heavy (non-hydrogen) atoms. The number of benzene rings is 1. The quantitative estimate of drug-likeness (QED) is 0.766. The minimum absolute atomic E-state index is 0. The molecule has 0 radical (unpaired) electrons. The van der Waals surface area contributed by atoms with Gasteiger partial charge in [-0.25, -0.2) is 0 Å². The molecule has 1 heterocycles. The Morgan fingerprint density at radius 2 is 2.21 bits per heavy atom. The molecule has 0 spiro atoms. The van der Waals surface area contributed by atoms with Gasteiger partial charge in [0.25, 0.3) is 0 Å². The fraction of sp³-hybridized carbons (Fsp3) is 0.462. The van der Waals surface area contributed by atoms with E-state index >= 15 is 0 Å². The molecular weight excluding hydrogens is 377 g/mol. The van der Waals surface area contributed by atoms with Crippen molar-refractivity contribution in [3.05, 3.63) is 27.8 Å². The molecule has 1 aromatic carbocycles. The smallest absolute Gasteiger partial charge is 0.238 e. The maximum atomic E-state index is 11.9. The van der Waals surface area contributed by atoms with Crippen molar-refractivity contribution in [2.75, 3.05) is 31.5 Å². The van der Waals surface area contributed by atoms with Crippen LogP contribution in [0, 0.1) is 9.49 Å². The molecule has 0 saturated carbocycles. The Kier molecular flexibility index (Phi) is 7.06. The first kappa shape index (κ1) is 16.7. The molecule has 1 atom stereocenters. The monoisotopic (exact) mass is 395 g/mol. The van der Waals surface area contributed by atoms with Crippen molar-refractivity contribution in [2.24, 2.45) is 11.7 Å². The normalized spacial score (nSPS) is 18.9. The van der Waals surface area contributed by atoms with Gasteiger partial charge in [0.05, 0.1) is 12.2 Å². The molecule has 2 rings (SSSR count). The summed E-state index contributed by atoms with van der Waals surface area (Å²) < 4.78 is 1.06. The number of nitrogens with one attached hydrogen (secondary N) is 1. The predicted molar refractivity (Wildman–Crippen MR) is 88.6 cm³/mol. The molecule has 1 aromatic rings. The van der Waals surface area contributed by atoms with Crippen LogP contribution in [0.5, 0.6) is 0 Å². The van der Waals surface area contributed by atoms with Crippen molar-refractivity contribution in [1.82, 2.24) is 4.90 Å². The fourth-order valence-corrected chi connectivity index (χ4v) is 2.73. The van der Waals surface area contributed by atoms with Gasteiger partial charge in [-0.1, -0.05) is 12.1 Å². The number of likely N-dealkylation sites (tertiary alicyclic amines) is 1. The highest BCUT2D eigenvalue weighted by Gasteiger charge is 2.22. The van der Waals surface area contributed by atoms with Crippen LogP contribution in [0.1, 0.15) is 6.42 Å². The summed E-state index contributed by atoms with van der Waals surface area (Å²) in [5.74, 6) is 0.603. The van der Waals surface area contributed by atoms with Gasteiger partial charge in [0.15, 0.2) is 0 Å². The van der Waals surface area contributed by atoms with Crippen LogP contribution in [0.25, 0.3) is 0 Å². The Hall–Kier alpha value is -0.370. The molecule has 0 aliphatic carbocycles. The number of nitrogens with two attached hydrogens (primary N) is 1. The van der Waals surface area contributed by atoms with E-state index < -0.39 is 0 Å². The number of amides is 1. The van der Waals surface area contributed by atoms with Gasteiger partial charge in [0.1, 0.15) is 0 Å². The molecule has 1 aliphatic rings. The van der Waals surface area contributed by atoms with Gasteiger partial charge in [-0.3, -0.25) is 9.69 Å². The van der Waals surface area contributed by atoms with Crippen molar-refractivity contribution in [1.29, 1.82) is 0 Å². The molecule has 6 heteroatoms. The third-order valence-electron chi connectivity index (χ3n) is 3.22. The van der Waals surface area contributed by atoms with Gasteiger partial charge in [-0.05, 0) is 60.2 Å². The lowest BCUT2D eigenvalue weighted by atomic mass is 10.1. The van der Waals surface area contributed by atoms with Crippen molar-refractivity contribution < 1.29 is 4.79 Å². The van der Waals surface area contributed by atoms with Gasteiger partial charge in [0, 0.05) is 10.1 Å². The average Bonchev–Trinajstić information content (AvgIpc) is 2.80. The van der Waals surface area contributed by atoms with Crippen molar-refractivity contribution in [2.45, 2.75) is 6.42 Å². The third kappa shape index (κ3) is 4.91. The fourth-order valence-electron chi connectivity index (χ4n) is 2.20. The maximum absolute atomic E-state index is 11.9. The van der Waals surface area contributed by atoms with Crippen LogP contribution >= 0.6 is 35.0 Å². The van der Waals surface area contributed by atoms with Crippen LogP contribution in [0.3, 0.4) is 0 Å². The first-order valence-electron chi connectivity index (χ1n) is 6.16. The molecule has 1 amide bonds. The Labute approximate surface area is 133 Å². The summed E-state index contributed by atoms with van der Waals surface area (Å²) in [4.78, 5) is 14.1. The van der Waals surface area contributed by atoms with Crippen molar-refractivity contribution in [3.63, 3.8) is 0 Å². The highest BCUT2D eigenvalue weighted by atomic mass is 127. The first-order valence-corrected chi connectivity index (χ1v) is 7.23. The molecule has 0 bridgehead atoms. The average molecular weight is 396 g/mol. The Morgan fingerprint density at radius 1 is 1.47 bits per heavy atom. The molecule has 1 saturated heterocycles. The second-order valence-corrected chi connectivity index (χ2v) is 5.82. The SMILES string of the molecule is Cl.NCC1CCN(CC(=O)Nc2ccccc2I)C1. The maximum Gasteiger partial charge on any atom is 0.238 e. The first-order chi connectivity index (χ1) is 8.69. The number of halogens is 2. The summed E-state index contributed by atoms with van der Waals surface area (Å²) in [7, 11) is 0. The van der Waals surface area contributed by atoms with E-state index in [2.05, 4.69) is 32.8 Å². The summed E-state index contributed by atoms with van der Waals surface area (Å²) in [5.41, 5.74) is 6.53. The zero-order valence-electron chi connectivity index (χ0n) is 10.6. The Morgan fingerprint density at radius 3 is 2.84 bits per heavy atom. The lowest BCUT2D eigenvalue weighted by molar-refractivity contribution is -0.117. The molecule has 1 fully saturated rings. The number of para-hydroxylation sites is 1. The molecule has 3 N–H and O–H groups in total. The number of anilines is 1. The van der Waals surface area contributed by atoms with E-state index in [-0.39, 0.29) is 18.3 Å². The summed E-state index contributed by atoms with van der Waals surface area (Å²) >= 11 is 2.22. The number of carbonyl (C=O) groups is 1. The van der Waals surface area contributed by atoms with Crippen LogP contribution in [-0.2, 0) is 4.79 Å². The second-order valence-electron chi connectivity index (χ2n) is 4.65. The minimum atomic E-state index is 0. The number of rotatable bonds is 4. The topological polar surface area (TPSA) is 58.4 Å². The molecule has 0 aromatic heterocycles. The summed E-state index contributed by atoms with van der Waals surface area (Å²) in [6.45, 7) is 3.09. The number of nitrogens with zero attached hydrogens (tertiary/aromatic N) is 1. The number of hydrogen-bond acceptors (Lipinski definition) is 3. The number of carbonyl (C=O) groups excluding carboxylic acids is 1. The van der Waals surface area contributed by atoms with E-state index in [0.29, 0.717) is 19.0 Å². The molecule has 1 aliphatic heterocycles. The Bertz CT molecular complexity index is 430. The van der Waals surface area contributed by atoms with Gasteiger partial charge >= 0.3 is 0 Å². The van der Waals surface area contributed by atoms with Crippen LogP contribution in [0.2, 0.25) is 0 Å². The van der Waals surface area contributed by atoms with Gasteiger partial charge in [-0.2, -0.15) is 0 Å². The number of hydrogen-bond donors (Lipinski definition) is 2. The van der Waals surface area contributed by atoms with E-state index in [0.717, 1.165) is 28.8 Å². The van der Waals surface area contributed by atoms with Crippen molar-refractivity contribution in [3.8, 4) is 0 Å². The Balaban J connectivity index is 0.00000180. The van der Waals surface area contributed by atoms with Gasteiger partial charge < -0.3 is 11.1 Å². The van der Waals surface area contributed by atoms with E-state index in [1.54, 1.807) is 0 Å². The summed E-state index contributed by atoms with van der Waals surface area (Å²) in [6.07, 6.45) is 1.10. The standard InChI is InChI=1S/C13H18IN3O.ClH/c14-11-3-1-2-4-12(11)16-13(18)9-17-6-5-10(7-15)8-17;/h1-4,10H,5-9,15H2,(H,16,18);1H. The third-order valence-corrected chi connectivity index (χ3v) is 4.16. The van der Waals surface area contributed by atoms with Crippen LogP contribution in [0.4, 0.5) is 5.69 Å². The zero-order chi connectivity index (χ0) is 13.0. The predicted octanol–water partition coefficient (Wildman–Crippen LogP) is 1.93. The summed E-state index contributed by atoms with van der Waals surface area (Å²) in [5, 5.41) is 2.95.